The molecule has 3 amide bonds. The number of anilines is 1. The molecule has 0 saturated heterocycles. The monoisotopic (exact) mass is 669 g/mol. The predicted molar refractivity (Wildman–Crippen MR) is 186 cm³/mol. The standard InChI is InChI=1S/C40H42F3N3O3/c1-4-5-13-33(37(44)47)34(22-25(2)3)38(48)45-36-32-16-7-6-14-30(32)31-15-8-9-17-35(31)46(39(36)49)24-26-11-10-12-28(23-26)27-18-20-29(21-19-27)40(41,42)43/h6-12,14-21,23,25,33-34,36H,4-5,13,22,24H2,1-3H3,(H2,44,47)(H,45,48). The van der Waals surface area contributed by atoms with Crippen LogP contribution in [0.5, 0.6) is 0 Å². The maximum atomic E-state index is 14.7. The Morgan fingerprint density at radius 1 is 0.857 bits per heavy atom. The number of alkyl halides is 3. The summed E-state index contributed by atoms with van der Waals surface area (Å²) in [4.78, 5) is 43.2. The molecule has 1 aliphatic heterocycles. The zero-order valence-corrected chi connectivity index (χ0v) is 28.0. The van der Waals surface area contributed by atoms with Crippen LogP contribution >= 0.6 is 0 Å². The van der Waals surface area contributed by atoms with E-state index in [-0.39, 0.29) is 18.4 Å². The second-order valence-electron chi connectivity index (χ2n) is 13.1. The highest BCUT2D eigenvalue weighted by molar-refractivity contribution is 6.06. The number of amides is 3. The molecule has 49 heavy (non-hydrogen) atoms. The van der Waals surface area contributed by atoms with Gasteiger partial charge in [0, 0.05) is 17.4 Å². The van der Waals surface area contributed by atoms with Crippen molar-refractivity contribution in [3.63, 3.8) is 0 Å². The van der Waals surface area contributed by atoms with Gasteiger partial charge in [0.25, 0.3) is 5.91 Å². The first-order valence-corrected chi connectivity index (χ1v) is 16.7. The van der Waals surface area contributed by atoms with E-state index in [0.717, 1.165) is 41.7 Å². The number of carbonyl (C=O) groups excluding carboxylic acids is 3. The number of benzene rings is 4. The van der Waals surface area contributed by atoms with Crippen LogP contribution < -0.4 is 16.0 Å². The Balaban J connectivity index is 1.53. The number of hydrogen-bond donors (Lipinski definition) is 2. The van der Waals surface area contributed by atoms with Gasteiger partial charge in [-0.3, -0.25) is 14.4 Å². The molecule has 5 rings (SSSR count). The molecule has 0 bridgehead atoms. The van der Waals surface area contributed by atoms with Gasteiger partial charge in [0.15, 0.2) is 0 Å². The van der Waals surface area contributed by atoms with Gasteiger partial charge in [-0.2, -0.15) is 13.2 Å². The minimum Gasteiger partial charge on any atom is -0.369 e. The lowest BCUT2D eigenvalue weighted by Gasteiger charge is -2.30. The molecule has 256 valence electrons. The summed E-state index contributed by atoms with van der Waals surface area (Å²) in [5.74, 6) is -2.53. The van der Waals surface area contributed by atoms with E-state index in [1.807, 2.05) is 87.5 Å². The van der Waals surface area contributed by atoms with Gasteiger partial charge >= 0.3 is 6.18 Å². The third-order valence-corrected chi connectivity index (χ3v) is 9.15. The van der Waals surface area contributed by atoms with Gasteiger partial charge in [-0.1, -0.05) is 106 Å². The Morgan fingerprint density at radius 3 is 2.18 bits per heavy atom. The highest BCUT2D eigenvalue weighted by Crippen LogP contribution is 2.41. The van der Waals surface area contributed by atoms with E-state index in [2.05, 4.69) is 5.32 Å². The third-order valence-electron chi connectivity index (χ3n) is 9.15. The summed E-state index contributed by atoms with van der Waals surface area (Å²) < 4.78 is 39.6. The molecule has 0 saturated carbocycles. The van der Waals surface area contributed by atoms with Crippen molar-refractivity contribution in [2.45, 2.75) is 65.2 Å². The molecule has 3 unspecified atom stereocenters. The fraction of sp³-hybridized carbons (Fsp3) is 0.325. The summed E-state index contributed by atoms with van der Waals surface area (Å²) in [6, 6.07) is 26.3. The summed E-state index contributed by atoms with van der Waals surface area (Å²) in [6.07, 6.45) is -1.92. The lowest BCUT2D eigenvalue weighted by Crippen LogP contribution is -2.47. The number of carbonyl (C=O) groups is 3. The Morgan fingerprint density at radius 2 is 1.53 bits per heavy atom. The molecule has 1 aliphatic rings. The molecule has 9 heteroatoms. The molecule has 0 radical (unpaired) electrons. The number of hydrogen-bond acceptors (Lipinski definition) is 3. The van der Waals surface area contributed by atoms with E-state index in [0.29, 0.717) is 35.2 Å². The highest BCUT2D eigenvalue weighted by atomic mass is 19.4. The molecule has 3 N–H and O–H groups in total. The van der Waals surface area contributed by atoms with E-state index < -0.39 is 41.4 Å². The first-order chi connectivity index (χ1) is 23.4. The van der Waals surface area contributed by atoms with Gasteiger partial charge < -0.3 is 16.0 Å². The zero-order chi connectivity index (χ0) is 35.3. The minimum atomic E-state index is -4.44. The number of nitrogens with two attached hydrogens (primary N) is 1. The number of nitrogens with one attached hydrogen (secondary N) is 1. The van der Waals surface area contributed by atoms with Crippen LogP contribution in [0.3, 0.4) is 0 Å². The van der Waals surface area contributed by atoms with Crippen molar-refractivity contribution in [3.05, 3.63) is 114 Å². The second-order valence-corrected chi connectivity index (χ2v) is 13.1. The normalized spacial score (nSPS) is 15.6. The molecular formula is C40H42F3N3O3. The first-order valence-electron chi connectivity index (χ1n) is 16.7. The Hall–Kier alpha value is -4.92. The van der Waals surface area contributed by atoms with E-state index in [9.17, 15) is 27.6 Å². The van der Waals surface area contributed by atoms with Crippen molar-refractivity contribution in [1.29, 1.82) is 0 Å². The van der Waals surface area contributed by atoms with Crippen LogP contribution in [0.4, 0.5) is 18.9 Å². The zero-order valence-electron chi connectivity index (χ0n) is 28.0. The Labute approximate surface area is 285 Å². The quantitative estimate of drug-likeness (QED) is 0.158. The average molecular weight is 670 g/mol. The fourth-order valence-electron chi connectivity index (χ4n) is 6.70. The molecule has 1 heterocycles. The molecule has 6 nitrogen and oxygen atoms in total. The van der Waals surface area contributed by atoms with Crippen LogP contribution in [0.1, 0.15) is 69.2 Å². The summed E-state index contributed by atoms with van der Waals surface area (Å²) >= 11 is 0. The summed E-state index contributed by atoms with van der Waals surface area (Å²) in [6.45, 7) is 6.13. The number of unbranched alkanes of at least 4 members (excludes halogenated alkanes) is 1. The minimum absolute atomic E-state index is 0.106. The number of primary amides is 1. The van der Waals surface area contributed by atoms with Gasteiger partial charge in [0.05, 0.1) is 17.8 Å². The summed E-state index contributed by atoms with van der Waals surface area (Å²) in [7, 11) is 0. The largest absolute Gasteiger partial charge is 0.416 e. The number of rotatable bonds is 12. The number of halogens is 3. The smallest absolute Gasteiger partial charge is 0.369 e. The van der Waals surface area contributed by atoms with Crippen molar-refractivity contribution < 1.29 is 27.6 Å². The predicted octanol–water partition coefficient (Wildman–Crippen LogP) is 8.70. The van der Waals surface area contributed by atoms with E-state index in [1.165, 1.54) is 12.1 Å². The van der Waals surface area contributed by atoms with Gasteiger partial charge in [0.1, 0.15) is 6.04 Å². The van der Waals surface area contributed by atoms with Crippen molar-refractivity contribution in [2.75, 3.05) is 4.90 Å². The highest BCUT2D eigenvalue weighted by Gasteiger charge is 2.39. The molecule has 4 aromatic carbocycles. The van der Waals surface area contributed by atoms with Crippen molar-refractivity contribution in [2.24, 2.45) is 23.5 Å². The van der Waals surface area contributed by atoms with Crippen molar-refractivity contribution in [3.8, 4) is 22.3 Å². The second kappa shape index (κ2) is 15.1. The van der Waals surface area contributed by atoms with Gasteiger partial charge in [-0.15, -0.1) is 0 Å². The number of para-hydroxylation sites is 1. The van der Waals surface area contributed by atoms with E-state index in [1.54, 1.807) is 11.0 Å². The van der Waals surface area contributed by atoms with Crippen LogP contribution in [-0.4, -0.2) is 17.7 Å². The van der Waals surface area contributed by atoms with Gasteiger partial charge in [-0.25, -0.2) is 0 Å². The molecule has 0 spiro atoms. The summed E-state index contributed by atoms with van der Waals surface area (Å²) in [5.41, 5.74) is 10.1. The first kappa shape index (κ1) is 35.4. The Kier molecular flexibility index (Phi) is 10.9. The average Bonchev–Trinajstić information content (AvgIpc) is 3.17. The molecular weight excluding hydrogens is 627 g/mol. The van der Waals surface area contributed by atoms with Crippen molar-refractivity contribution in [1.82, 2.24) is 5.32 Å². The molecule has 0 fully saturated rings. The van der Waals surface area contributed by atoms with Crippen LogP contribution in [0, 0.1) is 17.8 Å². The lowest BCUT2D eigenvalue weighted by atomic mass is 9.81. The van der Waals surface area contributed by atoms with E-state index >= 15 is 0 Å². The van der Waals surface area contributed by atoms with Crippen LogP contribution in [0.2, 0.25) is 0 Å². The SMILES string of the molecule is CCCCC(C(N)=O)C(CC(C)C)C(=O)NC1C(=O)N(Cc2cccc(-c3ccc(C(F)(F)F)cc3)c2)c2ccccc2-c2ccccc21. The van der Waals surface area contributed by atoms with Crippen LogP contribution in [0.25, 0.3) is 22.3 Å². The molecule has 4 aromatic rings. The molecule has 3 atom stereocenters. The summed E-state index contributed by atoms with van der Waals surface area (Å²) in [5, 5.41) is 3.06. The van der Waals surface area contributed by atoms with Gasteiger partial charge in [-0.05, 0) is 70.8 Å². The molecule has 0 aliphatic carbocycles. The lowest BCUT2D eigenvalue weighted by molar-refractivity contribution is -0.137. The fourth-order valence-corrected chi connectivity index (χ4v) is 6.70. The maximum absolute atomic E-state index is 14.7. The maximum Gasteiger partial charge on any atom is 0.416 e. The number of nitrogens with zero attached hydrogens (tertiary/aromatic N) is 1. The van der Waals surface area contributed by atoms with Crippen LogP contribution in [-0.2, 0) is 27.1 Å². The molecule has 0 aromatic heterocycles. The van der Waals surface area contributed by atoms with E-state index in [4.69, 9.17) is 5.73 Å². The van der Waals surface area contributed by atoms with Gasteiger partial charge in [0.2, 0.25) is 11.8 Å². The van der Waals surface area contributed by atoms with Crippen LogP contribution in [0.15, 0.2) is 97.1 Å². The number of fused-ring (bicyclic) bond motifs is 3. The van der Waals surface area contributed by atoms with Crippen molar-refractivity contribution >= 4 is 23.4 Å². The Bertz CT molecular complexity index is 1800. The third kappa shape index (κ3) is 8.04. The topological polar surface area (TPSA) is 92.5 Å².